The first kappa shape index (κ1) is 16.3. The van der Waals surface area contributed by atoms with Gasteiger partial charge in [-0.1, -0.05) is 12.1 Å². The van der Waals surface area contributed by atoms with Crippen LogP contribution in [0.25, 0.3) is 0 Å². The van der Waals surface area contributed by atoms with Gasteiger partial charge in [-0.15, -0.1) is 0 Å². The van der Waals surface area contributed by atoms with Crippen LogP contribution in [0.15, 0.2) is 51.6 Å². The summed E-state index contributed by atoms with van der Waals surface area (Å²) in [6.45, 7) is 0.257. The molecule has 3 rings (SSSR count). The lowest BCUT2D eigenvalue weighted by molar-refractivity contribution is 0.0665. The van der Waals surface area contributed by atoms with Crippen LogP contribution in [-0.2, 0) is 16.4 Å². The molecule has 1 aliphatic heterocycles. The number of furan rings is 1. The number of benzene rings is 1. The molecule has 7 heteroatoms. The minimum atomic E-state index is -3.08. The van der Waals surface area contributed by atoms with E-state index in [2.05, 4.69) is 15.9 Å². The van der Waals surface area contributed by atoms with E-state index in [1.54, 1.807) is 41.5 Å². The van der Waals surface area contributed by atoms with Crippen molar-refractivity contribution in [3.8, 4) is 0 Å². The molecule has 122 valence electrons. The molecule has 1 fully saturated rings. The SMILES string of the molecule is O=C(c1ccccc1Br)N(Cc1ccco1)C1CCS(=O)(=O)C1. The largest absolute Gasteiger partial charge is 0.467 e. The highest BCUT2D eigenvalue weighted by molar-refractivity contribution is 9.10. The van der Waals surface area contributed by atoms with Gasteiger partial charge in [0.25, 0.3) is 5.91 Å². The van der Waals surface area contributed by atoms with Crippen molar-refractivity contribution < 1.29 is 17.6 Å². The quantitative estimate of drug-likeness (QED) is 0.795. The molecule has 0 N–H and O–H groups in total. The highest BCUT2D eigenvalue weighted by atomic mass is 79.9. The first-order valence-corrected chi connectivity index (χ1v) is 9.86. The number of hydrogen-bond donors (Lipinski definition) is 0. The molecule has 0 radical (unpaired) electrons. The number of hydrogen-bond acceptors (Lipinski definition) is 4. The second kappa shape index (κ2) is 6.49. The predicted molar refractivity (Wildman–Crippen MR) is 89.8 cm³/mol. The standard InChI is InChI=1S/C16H16BrNO4S/c17-15-6-2-1-5-14(15)16(19)18(10-13-4-3-8-22-13)12-7-9-23(20,21)11-12/h1-6,8,12H,7,9-11H2. The van der Waals surface area contributed by atoms with Gasteiger partial charge >= 0.3 is 0 Å². The van der Waals surface area contributed by atoms with Gasteiger partial charge in [0.1, 0.15) is 5.76 Å². The summed E-state index contributed by atoms with van der Waals surface area (Å²) in [5.74, 6) is 0.560. The Morgan fingerprint density at radius 1 is 1.26 bits per heavy atom. The van der Waals surface area contributed by atoms with Crippen molar-refractivity contribution in [3.05, 3.63) is 58.5 Å². The summed E-state index contributed by atoms with van der Waals surface area (Å²) in [6.07, 6.45) is 2.00. The smallest absolute Gasteiger partial charge is 0.255 e. The van der Waals surface area contributed by atoms with Gasteiger partial charge in [0.2, 0.25) is 0 Å². The van der Waals surface area contributed by atoms with E-state index in [9.17, 15) is 13.2 Å². The fourth-order valence-electron chi connectivity index (χ4n) is 2.75. The van der Waals surface area contributed by atoms with Crippen molar-refractivity contribution in [1.29, 1.82) is 0 Å². The molecule has 1 atom stereocenters. The van der Waals surface area contributed by atoms with Gasteiger partial charge in [-0.3, -0.25) is 4.79 Å². The lowest BCUT2D eigenvalue weighted by atomic mass is 10.1. The van der Waals surface area contributed by atoms with Crippen LogP contribution in [0.3, 0.4) is 0 Å². The Balaban J connectivity index is 1.91. The Hall–Kier alpha value is -1.60. The minimum absolute atomic E-state index is 0.00387. The van der Waals surface area contributed by atoms with Crippen molar-refractivity contribution in [1.82, 2.24) is 4.90 Å². The average Bonchev–Trinajstić information content (AvgIpc) is 3.14. The first-order valence-electron chi connectivity index (χ1n) is 7.24. The molecule has 5 nitrogen and oxygen atoms in total. The molecule has 1 unspecified atom stereocenters. The molecule has 1 amide bonds. The molecule has 2 heterocycles. The number of nitrogens with zero attached hydrogens (tertiary/aromatic N) is 1. The highest BCUT2D eigenvalue weighted by Crippen LogP contribution is 2.25. The Kier molecular flexibility index (Phi) is 4.59. The van der Waals surface area contributed by atoms with Crippen LogP contribution in [0.1, 0.15) is 22.5 Å². The fourth-order valence-corrected chi connectivity index (χ4v) is 4.93. The van der Waals surface area contributed by atoms with Crippen molar-refractivity contribution >= 4 is 31.7 Å². The van der Waals surface area contributed by atoms with Crippen LogP contribution in [0.5, 0.6) is 0 Å². The Bertz CT molecular complexity index is 801. The van der Waals surface area contributed by atoms with Crippen molar-refractivity contribution in [2.45, 2.75) is 19.0 Å². The van der Waals surface area contributed by atoms with Gasteiger partial charge in [-0.25, -0.2) is 8.42 Å². The van der Waals surface area contributed by atoms with Crippen LogP contribution in [0, 0.1) is 0 Å². The van der Waals surface area contributed by atoms with Gasteiger partial charge in [0.05, 0.1) is 29.9 Å². The molecule has 23 heavy (non-hydrogen) atoms. The van der Waals surface area contributed by atoms with E-state index in [4.69, 9.17) is 4.42 Å². The molecule has 0 spiro atoms. The number of carbonyl (C=O) groups excluding carboxylic acids is 1. The van der Waals surface area contributed by atoms with E-state index >= 15 is 0 Å². The summed E-state index contributed by atoms with van der Waals surface area (Å²) in [5.41, 5.74) is 0.517. The van der Waals surface area contributed by atoms with Crippen molar-refractivity contribution in [2.75, 3.05) is 11.5 Å². The minimum Gasteiger partial charge on any atom is -0.467 e. The molecular formula is C16H16BrNO4S. The molecular weight excluding hydrogens is 382 g/mol. The van der Waals surface area contributed by atoms with E-state index in [-0.39, 0.29) is 30.0 Å². The number of rotatable bonds is 4. The maximum Gasteiger partial charge on any atom is 0.255 e. The van der Waals surface area contributed by atoms with E-state index in [1.807, 2.05) is 6.07 Å². The Labute approximate surface area is 143 Å². The summed E-state index contributed by atoms with van der Waals surface area (Å²) >= 11 is 3.38. The first-order chi connectivity index (χ1) is 11.0. The summed E-state index contributed by atoms with van der Waals surface area (Å²) in [7, 11) is -3.08. The Morgan fingerprint density at radius 3 is 2.65 bits per heavy atom. The third kappa shape index (κ3) is 3.67. The number of amides is 1. The van der Waals surface area contributed by atoms with Gasteiger partial charge in [0, 0.05) is 10.5 Å². The summed E-state index contributed by atoms with van der Waals surface area (Å²) in [6, 6.07) is 10.3. The molecule has 0 bridgehead atoms. The van der Waals surface area contributed by atoms with E-state index in [1.165, 1.54) is 0 Å². The molecule has 0 aliphatic carbocycles. The van der Waals surface area contributed by atoms with Crippen LogP contribution in [0.4, 0.5) is 0 Å². The lowest BCUT2D eigenvalue weighted by Gasteiger charge is -2.28. The van der Waals surface area contributed by atoms with E-state index in [0.29, 0.717) is 22.2 Å². The third-order valence-electron chi connectivity index (χ3n) is 3.92. The number of halogens is 1. The number of sulfone groups is 1. The molecule has 1 saturated heterocycles. The Morgan fingerprint density at radius 2 is 2.04 bits per heavy atom. The van der Waals surface area contributed by atoms with Crippen LogP contribution in [-0.4, -0.2) is 36.8 Å². The van der Waals surface area contributed by atoms with Gasteiger partial charge < -0.3 is 9.32 Å². The summed E-state index contributed by atoms with van der Waals surface area (Å²) < 4.78 is 29.6. The zero-order valence-electron chi connectivity index (χ0n) is 12.3. The third-order valence-corrected chi connectivity index (χ3v) is 6.36. The maximum absolute atomic E-state index is 12.9. The predicted octanol–water partition coefficient (Wildman–Crippen LogP) is 2.87. The second-order valence-corrected chi connectivity index (χ2v) is 8.63. The normalized spacial score (nSPS) is 19.6. The van der Waals surface area contributed by atoms with Gasteiger partial charge in [0.15, 0.2) is 9.84 Å². The van der Waals surface area contributed by atoms with Crippen molar-refractivity contribution in [2.24, 2.45) is 0 Å². The zero-order valence-corrected chi connectivity index (χ0v) is 14.7. The molecule has 2 aromatic rings. The van der Waals surface area contributed by atoms with Gasteiger partial charge in [-0.2, -0.15) is 0 Å². The van der Waals surface area contributed by atoms with Crippen molar-refractivity contribution in [3.63, 3.8) is 0 Å². The van der Waals surface area contributed by atoms with Crippen LogP contribution >= 0.6 is 15.9 Å². The zero-order chi connectivity index (χ0) is 16.4. The topological polar surface area (TPSA) is 67.6 Å². The summed E-state index contributed by atoms with van der Waals surface area (Å²) in [5, 5.41) is 0. The lowest BCUT2D eigenvalue weighted by Crippen LogP contribution is -2.40. The van der Waals surface area contributed by atoms with Crippen LogP contribution in [0.2, 0.25) is 0 Å². The fraction of sp³-hybridized carbons (Fsp3) is 0.312. The molecule has 1 aromatic carbocycles. The maximum atomic E-state index is 12.9. The second-order valence-electron chi connectivity index (χ2n) is 5.55. The van der Waals surface area contributed by atoms with E-state index in [0.717, 1.165) is 0 Å². The summed E-state index contributed by atoms with van der Waals surface area (Å²) in [4.78, 5) is 14.6. The highest BCUT2D eigenvalue weighted by Gasteiger charge is 2.35. The van der Waals surface area contributed by atoms with Crippen LogP contribution < -0.4 is 0 Å². The monoisotopic (exact) mass is 397 g/mol. The molecule has 1 aromatic heterocycles. The molecule has 0 saturated carbocycles. The van der Waals surface area contributed by atoms with E-state index < -0.39 is 9.84 Å². The van der Waals surface area contributed by atoms with Gasteiger partial charge in [-0.05, 0) is 46.6 Å². The average molecular weight is 398 g/mol. The molecule has 1 aliphatic rings. The number of carbonyl (C=O) groups is 1.